The van der Waals surface area contributed by atoms with Crippen LogP contribution >= 0.6 is 0 Å². The molecule has 110 valence electrons. The Balaban J connectivity index is 2.70. The highest BCUT2D eigenvalue weighted by molar-refractivity contribution is 5.98. The summed E-state index contributed by atoms with van der Waals surface area (Å²) in [5.41, 5.74) is 0.471. The van der Waals surface area contributed by atoms with E-state index in [4.69, 9.17) is 4.74 Å². The van der Waals surface area contributed by atoms with E-state index in [1.54, 1.807) is 31.2 Å². The first-order valence-corrected chi connectivity index (χ1v) is 6.74. The van der Waals surface area contributed by atoms with E-state index in [0.29, 0.717) is 24.4 Å². The van der Waals surface area contributed by atoms with E-state index in [0.717, 1.165) is 0 Å². The molecule has 1 aromatic rings. The predicted octanol–water partition coefficient (Wildman–Crippen LogP) is 2.19. The third-order valence-electron chi connectivity index (χ3n) is 2.84. The number of carbonyl (C=O) groups is 2. The lowest BCUT2D eigenvalue weighted by Crippen LogP contribution is -2.49. The summed E-state index contributed by atoms with van der Waals surface area (Å²) in [7, 11) is 0. The number of carbonyl (C=O) groups excluding carboxylic acids is 2. The lowest BCUT2D eigenvalue weighted by atomic mass is 10.0. The highest BCUT2D eigenvalue weighted by Crippen LogP contribution is 2.13. The molecule has 2 N–H and O–H groups in total. The molecule has 0 bridgehead atoms. The van der Waals surface area contributed by atoms with Gasteiger partial charge in [-0.3, -0.25) is 4.79 Å². The summed E-state index contributed by atoms with van der Waals surface area (Å²) in [6, 6.07) is 6.64. The van der Waals surface area contributed by atoms with E-state index in [9.17, 15) is 9.59 Å². The van der Waals surface area contributed by atoms with Crippen molar-refractivity contribution in [2.24, 2.45) is 0 Å². The Bertz CT molecular complexity index is 467. The largest absolute Gasteiger partial charge is 0.462 e. The molecule has 0 spiro atoms. The summed E-state index contributed by atoms with van der Waals surface area (Å²) in [5.74, 6) is -0.485. The van der Waals surface area contributed by atoms with E-state index >= 15 is 0 Å². The summed E-state index contributed by atoms with van der Waals surface area (Å²) >= 11 is 0. The predicted molar refractivity (Wildman–Crippen MR) is 78.8 cm³/mol. The van der Waals surface area contributed by atoms with Crippen LogP contribution in [0.25, 0.3) is 0 Å². The van der Waals surface area contributed by atoms with Crippen molar-refractivity contribution in [3.8, 4) is 0 Å². The maximum absolute atomic E-state index is 12.1. The number of anilines is 1. The molecule has 0 aliphatic rings. The van der Waals surface area contributed by atoms with Crippen molar-refractivity contribution in [1.29, 1.82) is 0 Å². The van der Waals surface area contributed by atoms with Crippen molar-refractivity contribution < 1.29 is 14.3 Å². The number of rotatable bonds is 6. The topological polar surface area (TPSA) is 67.4 Å². The molecule has 0 radical (unpaired) electrons. The van der Waals surface area contributed by atoms with Gasteiger partial charge >= 0.3 is 5.97 Å². The minimum absolute atomic E-state index is 0.122. The summed E-state index contributed by atoms with van der Waals surface area (Å²) in [6.07, 6.45) is 0. The Labute approximate surface area is 119 Å². The minimum atomic E-state index is -0.644. The van der Waals surface area contributed by atoms with Gasteiger partial charge in [0.1, 0.15) is 0 Å². The summed E-state index contributed by atoms with van der Waals surface area (Å²) in [4.78, 5) is 23.6. The van der Waals surface area contributed by atoms with Crippen LogP contribution in [-0.4, -0.2) is 30.6 Å². The third-order valence-corrected chi connectivity index (χ3v) is 2.84. The first-order chi connectivity index (χ1) is 9.40. The standard InChI is InChI=1S/C15H22N2O3/c1-5-16-15(3,4)14(19)17-12-9-7-11(8-10-12)13(18)20-6-2/h7-10,16H,5-6H2,1-4H3,(H,17,19). The number of esters is 1. The normalized spacial score (nSPS) is 11.0. The second-order valence-corrected chi connectivity index (χ2v) is 4.91. The van der Waals surface area contributed by atoms with Crippen LogP contribution in [0, 0.1) is 0 Å². The molecule has 0 saturated carbocycles. The van der Waals surface area contributed by atoms with Gasteiger partial charge in [-0.2, -0.15) is 0 Å². The van der Waals surface area contributed by atoms with Gasteiger partial charge in [-0.15, -0.1) is 0 Å². The number of nitrogens with one attached hydrogen (secondary N) is 2. The Morgan fingerprint density at radius 3 is 2.25 bits per heavy atom. The van der Waals surface area contributed by atoms with E-state index in [1.807, 2.05) is 20.8 Å². The smallest absolute Gasteiger partial charge is 0.338 e. The Hall–Kier alpha value is -1.88. The van der Waals surface area contributed by atoms with Crippen molar-refractivity contribution in [3.63, 3.8) is 0 Å². The molecule has 0 aliphatic carbocycles. The van der Waals surface area contributed by atoms with Gasteiger partial charge in [-0.1, -0.05) is 6.92 Å². The third kappa shape index (κ3) is 4.35. The van der Waals surface area contributed by atoms with Crippen LogP contribution in [0.2, 0.25) is 0 Å². The molecule has 0 aliphatic heterocycles. The van der Waals surface area contributed by atoms with Crippen LogP contribution in [0.1, 0.15) is 38.1 Å². The second-order valence-electron chi connectivity index (χ2n) is 4.91. The average Bonchev–Trinajstić information content (AvgIpc) is 2.39. The number of hydrogen-bond acceptors (Lipinski definition) is 4. The van der Waals surface area contributed by atoms with Crippen molar-refractivity contribution in [2.45, 2.75) is 33.2 Å². The van der Waals surface area contributed by atoms with Gasteiger partial charge < -0.3 is 15.4 Å². The van der Waals surface area contributed by atoms with Crippen LogP contribution < -0.4 is 10.6 Å². The van der Waals surface area contributed by atoms with Gasteiger partial charge in [-0.05, 0) is 51.6 Å². The number of likely N-dealkylation sites (N-methyl/N-ethyl adjacent to an activating group) is 1. The Kier molecular flexibility index (Phi) is 5.70. The van der Waals surface area contributed by atoms with Crippen LogP contribution in [0.3, 0.4) is 0 Å². The second kappa shape index (κ2) is 7.05. The van der Waals surface area contributed by atoms with E-state index in [-0.39, 0.29) is 11.9 Å². The molecule has 1 amide bonds. The highest BCUT2D eigenvalue weighted by Gasteiger charge is 2.26. The maximum Gasteiger partial charge on any atom is 0.338 e. The van der Waals surface area contributed by atoms with E-state index in [2.05, 4.69) is 10.6 Å². The van der Waals surface area contributed by atoms with Crippen LogP contribution in [0.5, 0.6) is 0 Å². The molecule has 20 heavy (non-hydrogen) atoms. The van der Waals surface area contributed by atoms with Crippen LogP contribution in [0.15, 0.2) is 24.3 Å². The quantitative estimate of drug-likeness (QED) is 0.783. The first-order valence-electron chi connectivity index (χ1n) is 6.74. The molecule has 5 nitrogen and oxygen atoms in total. The van der Waals surface area contributed by atoms with Gasteiger partial charge in [-0.25, -0.2) is 4.79 Å². The van der Waals surface area contributed by atoms with E-state index in [1.165, 1.54) is 0 Å². The molecule has 1 rings (SSSR count). The fourth-order valence-electron chi connectivity index (χ4n) is 1.71. The number of ether oxygens (including phenoxy) is 1. The number of benzene rings is 1. The fourth-order valence-corrected chi connectivity index (χ4v) is 1.71. The molecule has 0 heterocycles. The summed E-state index contributed by atoms with van der Waals surface area (Å²) in [6.45, 7) is 8.40. The van der Waals surface area contributed by atoms with Crippen molar-refractivity contribution >= 4 is 17.6 Å². The molecule has 0 fully saturated rings. The fraction of sp³-hybridized carbons (Fsp3) is 0.467. The van der Waals surface area contributed by atoms with Crippen LogP contribution in [0.4, 0.5) is 5.69 Å². The van der Waals surface area contributed by atoms with Gasteiger partial charge in [0, 0.05) is 5.69 Å². The highest BCUT2D eigenvalue weighted by atomic mass is 16.5. The average molecular weight is 278 g/mol. The van der Waals surface area contributed by atoms with Crippen molar-refractivity contribution in [2.75, 3.05) is 18.5 Å². The molecule has 0 unspecified atom stereocenters. The summed E-state index contributed by atoms with van der Waals surface area (Å²) in [5, 5.41) is 5.91. The van der Waals surface area contributed by atoms with Gasteiger partial charge in [0.15, 0.2) is 0 Å². The monoisotopic (exact) mass is 278 g/mol. The molecule has 1 aromatic carbocycles. The molecular weight excluding hydrogens is 256 g/mol. The van der Waals surface area contributed by atoms with Gasteiger partial charge in [0.25, 0.3) is 0 Å². The van der Waals surface area contributed by atoms with Crippen LogP contribution in [-0.2, 0) is 9.53 Å². The van der Waals surface area contributed by atoms with Crippen molar-refractivity contribution in [1.82, 2.24) is 5.32 Å². The molecule has 0 atom stereocenters. The van der Waals surface area contributed by atoms with Gasteiger partial charge in [0.05, 0.1) is 17.7 Å². The molecule has 0 saturated heterocycles. The van der Waals surface area contributed by atoms with Crippen molar-refractivity contribution in [3.05, 3.63) is 29.8 Å². The lowest BCUT2D eigenvalue weighted by molar-refractivity contribution is -0.121. The first kappa shape index (κ1) is 16.2. The Morgan fingerprint density at radius 2 is 1.75 bits per heavy atom. The lowest BCUT2D eigenvalue weighted by Gasteiger charge is -2.24. The SMILES string of the molecule is CCNC(C)(C)C(=O)Nc1ccc(C(=O)OCC)cc1. The minimum Gasteiger partial charge on any atom is -0.462 e. The number of amides is 1. The van der Waals surface area contributed by atoms with E-state index < -0.39 is 5.54 Å². The zero-order valence-corrected chi connectivity index (χ0v) is 12.4. The number of hydrogen-bond donors (Lipinski definition) is 2. The molecule has 5 heteroatoms. The molecule has 0 aromatic heterocycles. The Morgan fingerprint density at radius 1 is 1.15 bits per heavy atom. The molecular formula is C15H22N2O3. The summed E-state index contributed by atoms with van der Waals surface area (Å²) < 4.78 is 4.90. The zero-order valence-electron chi connectivity index (χ0n) is 12.4. The van der Waals surface area contributed by atoms with Gasteiger partial charge in [0.2, 0.25) is 5.91 Å². The maximum atomic E-state index is 12.1. The zero-order chi connectivity index (χ0) is 15.2.